The molecule has 1 aliphatic carbocycles. The Morgan fingerprint density at radius 3 is 2.46 bits per heavy atom. The van der Waals surface area contributed by atoms with Crippen LogP contribution in [0.1, 0.15) is 31.2 Å². The van der Waals surface area contributed by atoms with Crippen LogP contribution in [0.2, 0.25) is 0 Å². The van der Waals surface area contributed by atoms with Gasteiger partial charge in [0.2, 0.25) is 5.91 Å². The minimum Gasteiger partial charge on any atom is -0.378 e. The number of alkyl halides is 3. The summed E-state index contributed by atoms with van der Waals surface area (Å²) in [7, 11) is 0. The van der Waals surface area contributed by atoms with Crippen molar-refractivity contribution >= 4 is 17.3 Å². The van der Waals surface area contributed by atoms with Gasteiger partial charge in [0, 0.05) is 19.0 Å². The molecule has 1 heterocycles. The van der Waals surface area contributed by atoms with E-state index < -0.39 is 11.7 Å². The highest BCUT2D eigenvalue weighted by atomic mass is 19.4. The first kappa shape index (κ1) is 17.1. The molecule has 7 heteroatoms. The molecule has 1 aromatic rings. The molecular weight excluding hydrogens is 321 g/mol. The number of nitrogens with zero attached hydrogens (tertiary/aromatic N) is 1. The Hall–Kier alpha value is -1.76. The van der Waals surface area contributed by atoms with Gasteiger partial charge in [-0.3, -0.25) is 4.79 Å². The summed E-state index contributed by atoms with van der Waals surface area (Å²) in [5, 5.41) is 2.74. The molecule has 0 aromatic heterocycles. The van der Waals surface area contributed by atoms with Gasteiger partial charge < -0.3 is 15.0 Å². The minimum atomic E-state index is -4.43. The number of anilines is 2. The summed E-state index contributed by atoms with van der Waals surface area (Å²) in [6, 6.07) is 3.55. The van der Waals surface area contributed by atoms with Crippen molar-refractivity contribution in [3.8, 4) is 0 Å². The van der Waals surface area contributed by atoms with Crippen LogP contribution >= 0.6 is 0 Å². The van der Waals surface area contributed by atoms with Crippen LogP contribution in [0.5, 0.6) is 0 Å². The summed E-state index contributed by atoms with van der Waals surface area (Å²) in [4.78, 5) is 14.3. The van der Waals surface area contributed by atoms with E-state index in [9.17, 15) is 18.0 Å². The maximum atomic E-state index is 13.0. The Kier molecular flexibility index (Phi) is 4.99. The van der Waals surface area contributed by atoms with Crippen molar-refractivity contribution in [2.24, 2.45) is 5.92 Å². The summed E-state index contributed by atoms with van der Waals surface area (Å²) < 4.78 is 44.4. The van der Waals surface area contributed by atoms with E-state index in [4.69, 9.17) is 4.74 Å². The zero-order valence-electron chi connectivity index (χ0n) is 13.4. The van der Waals surface area contributed by atoms with Gasteiger partial charge >= 0.3 is 6.18 Å². The Labute approximate surface area is 139 Å². The maximum absolute atomic E-state index is 13.0. The van der Waals surface area contributed by atoms with Gasteiger partial charge in [-0.1, -0.05) is 12.8 Å². The molecule has 1 N–H and O–H groups in total. The van der Waals surface area contributed by atoms with Crippen molar-refractivity contribution in [2.75, 3.05) is 36.5 Å². The number of amides is 1. The van der Waals surface area contributed by atoms with Gasteiger partial charge in [0.25, 0.3) is 0 Å². The Balaban J connectivity index is 1.87. The number of benzene rings is 1. The number of hydrogen-bond donors (Lipinski definition) is 1. The zero-order valence-corrected chi connectivity index (χ0v) is 13.4. The van der Waals surface area contributed by atoms with Crippen LogP contribution in [0.15, 0.2) is 18.2 Å². The number of ether oxygens (including phenoxy) is 1. The van der Waals surface area contributed by atoms with Crippen LogP contribution in [-0.2, 0) is 15.7 Å². The molecule has 3 rings (SSSR count). The first-order chi connectivity index (χ1) is 11.4. The zero-order chi connectivity index (χ0) is 17.2. The van der Waals surface area contributed by atoms with Crippen molar-refractivity contribution in [1.82, 2.24) is 0 Å². The third-order valence-electron chi connectivity index (χ3n) is 4.66. The van der Waals surface area contributed by atoms with Crippen LogP contribution in [0.3, 0.4) is 0 Å². The molecule has 1 amide bonds. The molecule has 24 heavy (non-hydrogen) atoms. The van der Waals surface area contributed by atoms with Crippen LogP contribution in [-0.4, -0.2) is 32.2 Å². The summed E-state index contributed by atoms with van der Waals surface area (Å²) >= 11 is 0. The molecule has 0 unspecified atom stereocenters. The predicted molar refractivity (Wildman–Crippen MR) is 85.1 cm³/mol. The normalized spacial score (nSPS) is 19.5. The number of morpholine rings is 1. The van der Waals surface area contributed by atoms with E-state index >= 15 is 0 Å². The van der Waals surface area contributed by atoms with Gasteiger partial charge in [-0.15, -0.1) is 0 Å². The molecule has 1 aliphatic heterocycles. The standard InChI is InChI=1S/C17H21F3N2O2/c18-17(19,20)13-5-6-15(22-7-9-24-10-8-22)14(11-13)21-16(23)12-3-1-2-4-12/h5-6,11-12H,1-4,7-10H2,(H,21,23). The van der Waals surface area contributed by atoms with E-state index in [2.05, 4.69) is 5.32 Å². The van der Waals surface area contributed by atoms with Crippen LogP contribution in [0.4, 0.5) is 24.5 Å². The number of carbonyl (C=O) groups excluding carboxylic acids is 1. The van der Waals surface area contributed by atoms with Crippen molar-refractivity contribution in [3.05, 3.63) is 23.8 Å². The number of hydrogen-bond acceptors (Lipinski definition) is 3. The van der Waals surface area contributed by atoms with Crippen LogP contribution < -0.4 is 10.2 Å². The van der Waals surface area contributed by atoms with Crippen molar-refractivity contribution in [3.63, 3.8) is 0 Å². The number of carbonyl (C=O) groups is 1. The van der Waals surface area contributed by atoms with E-state index in [1.807, 2.05) is 4.90 Å². The largest absolute Gasteiger partial charge is 0.416 e. The smallest absolute Gasteiger partial charge is 0.378 e. The molecular formula is C17H21F3N2O2. The third-order valence-corrected chi connectivity index (χ3v) is 4.66. The van der Waals surface area contributed by atoms with E-state index in [1.165, 1.54) is 6.07 Å². The summed E-state index contributed by atoms with van der Waals surface area (Å²) in [6.07, 6.45) is -0.834. The molecule has 0 atom stereocenters. The monoisotopic (exact) mass is 342 g/mol. The lowest BCUT2D eigenvalue weighted by atomic mass is 10.1. The molecule has 132 valence electrons. The molecule has 1 saturated heterocycles. The SMILES string of the molecule is O=C(Nc1cc(C(F)(F)F)ccc1N1CCOCC1)C1CCCC1. The fourth-order valence-corrected chi connectivity index (χ4v) is 3.32. The average molecular weight is 342 g/mol. The number of halogens is 3. The molecule has 4 nitrogen and oxygen atoms in total. The second-order valence-electron chi connectivity index (χ2n) is 6.30. The highest BCUT2D eigenvalue weighted by molar-refractivity contribution is 5.96. The quantitative estimate of drug-likeness (QED) is 0.911. The summed E-state index contributed by atoms with van der Waals surface area (Å²) in [5.41, 5.74) is 0.113. The minimum absolute atomic E-state index is 0.0999. The molecule has 0 bridgehead atoms. The highest BCUT2D eigenvalue weighted by Crippen LogP contribution is 2.36. The van der Waals surface area contributed by atoms with Crippen LogP contribution in [0, 0.1) is 5.92 Å². The fourth-order valence-electron chi connectivity index (χ4n) is 3.32. The second kappa shape index (κ2) is 7.01. The Bertz CT molecular complexity index is 592. The fraction of sp³-hybridized carbons (Fsp3) is 0.588. The van der Waals surface area contributed by atoms with Gasteiger partial charge in [0.05, 0.1) is 30.2 Å². The topological polar surface area (TPSA) is 41.6 Å². The third kappa shape index (κ3) is 3.83. The van der Waals surface area contributed by atoms with E-state index in [1.54, 1.807) is 0 Å². The molecule has 1 saturated carbocycles. The van der Waals surface area contributed by atoms with Gasteiger partial charge in [-0.25, -0.2) is 0 Å². The van der Waals surface area contributed by atoms with Gasteiger partial charge in [-0.05, 0) is 31.0 Å². The van der Waals surface area contributed by atoms with Gasteiger partial charge in [-0.2, -0.15) is 13.2 Å². The first-order valence-electron chi connectivity index (χ1n) is 8.30. The van der Waals surface area contributed by atoms with Crippen molar-refractivity contribution < 1.29 is 22.7 Å². The summed E-state index contributed by atoms with van der Waals surface area (Å²) in [6.45, 7) is 2.24. The van der Waals surface area contributed by atoms with E-state index in [0.29, 0.717) is 32.0 Å². The average Bonchev–Trinajstić information content (AvgIpc) is 3.09. The maximum Gasteiger partial charge on any atom is 0.416 e. The highest BCUT2D eigenvalue weighted by Gasteiger charge is 2.32. The Morgan fingerprint density at radius 1 is 1.17 bits per heavy atom. The molecule has 0 radical (unpaired) electrons. The van der Waals surface area contributed by atoms with E-state index in [0.717, 1.165) is 37.8 Å². The van der Waals surface area contributed by atoms with Crippen LogP contribution in [0.25, 0.3) is 0 Å². The van der Waals surface area contributed by atoms with Crippen molar-refractivity contribution in [1.29, 1.82) is 0 Å². The Morgan fingerprint density at radius 2 is 1.83 bits per heavy atom. The second-order valence-corrected chi connectivity index (χ2v) is 6.30. The first-order valence-corrected chi connectivity index (χ1v) is 8.30. The molecule has 2 fully saturated rings. The van der Waals surface area contributed by atoms with E-state index in [-0.39, 0.29) is 17.5 Å². The summed E-state index contributed by atoms with van der Waals surface area (Å²) in [5.74, 6) is -0.279. The van der Waals surface area contributed by atoms with Gasteiger partial charge in [0.1, 0.15) is 0 Å². The lowest BCUT2D eigenvalue weighted by Gasteiger charge is -2.31. The lowest BCUT2D eigenvalue weighted by Crippen LogP contribution is -2.37. The van der Waals surface area contributed by atoms with Crippen molar-refractivity contribution in [2.45, 2.75) is 31.9 Å². The number of nitrogens with one attached hydrogen (secondary N) is 1. The lowest BCUT2D eigenvalue weighted by molar-refractivity contribution is -0.137. The number of rotatable bonds is 3. The molecule has 2 aliphatic rings. The molecule has 1 aromatic carbocycles. The predicted octanol–water partition coefficient (Wildman–Crippen LogP) is 3.67. The van der Waals surface area contributed by atoms with Gasteiger partial charge in [0.15, 0.2) is 0 Å². The molecule has 0 spiro atoms.